The molecule has 0 bridgehead atoms. The lowest BCUT2D eigenvalue weighted by atomic mass is 10.1. The van der Waals surface area contributed by atoms with E-state index >= 15 is 0 Å². The maximum atomic E-state index is 12.0. The molecule has 1 aromatic heterocycles. The van der Waals surface area contributed by atoms with Gasteiger partial charge in [-0.1, -0.05) is 24.3 Å². The van der Waals surface area contributed by atoms with Crippen LogP contribution in [-0.4, -0.2) is 17.2 Å². The highest BCUT2D eigenvalue weighted by atomic mass is 32.1. The standard InChI is InChI=1S/C16H18N2O2S/c1-10-6-7-12(21-10)9-17-16(20)18-15-13-5-3-2-4-11(13)8-14(15)19/h2-7,14-15,19H,8-9H2,1H3,(H2,17,18,20)/t14-,15+/m0/s1. The number of amides is 2. The van der Waals surface area contributed by atoms with E-state index in [1.54, 1.807) is 11.3 Å². The van der Waals surface area contributed by atoms with Crippen LogP contribution in [-0.2, 0) is 13.0 Å². The van der Waals surface area contributed by atoms with Gasteiger partial charge in [-0.05, 0) is 30.2 Å². The van der Waals surface area contributed by atoms with Crippen LogP contribution in [0.15, 0.2) is 36.4 Å². The molecule has 5 heteroatoms. The van der Waals surface area contributed by atoms with E-state index in [1.165, 1.54) is 4.88 Å². The minimum Gasteiger partial charge on any atom is -0.390 e. The first-order valence-corrected chi connectivity index (χ1v) is 7.80. The summed E-state index contributed by atoms with van der Waals surface area (Å²) in [5, 5.41) is 15.8. The summed E-state index contributed by atoms with van der Waals surface area (Å²) in [4.78, 5) is 14.4. The number of hydrogen-bond donors (Lipinski definition) is 3. The van der Waals surface area contributed by atoms with Crippen molar-refractivity contribution in [3.63, 3.8) is 0 Å². The van der Waals surface area contributed by atoms with E-state index in [4.69, 9.17) is 0 Å². The van der Waals surface area contributed by atoms with Gasteiger partial charge in [-0.25, -0.2) is 4.79 Å². The van der Waals surface area contributed by atoms with E-state index in [0.717, 1.165) is 16.0 Å². The summed E-state index contributed by atoms with van der Waals surface area (Å²) in [6.07, 6.45) is 0.0303. The molecule has 21 heavy (non-hydrogen) atoms. The van der Waals surface area contributed by atoms with Crippen LogP contribution < -0.4 is 10.6 Å². The molecule has 2 aromatic rings. The molecule has 3 rings (SSSR count). The molecular weight excluding hydrogens is 284 g/mol. The minimum absolute atomic E-state index is 0.248. The quantitative estimate of drug-likeness (QED) is 0.816. The number of carbonyl (C=O) groups is 1. The minimum atomic E-state index is -0.558. The van der Waals surface area contributed by atoms with Gasteiger partial charge >= 0.3 is 6.03 Å². The van der Waals surface area contributed by atoms with E-state index < -0.39 is 6.10 Å². The van der Waals surface area contributed by atoms with Crippen LogP contribution in [0.25, 0.3) is 0 Å². The van der Waals surface area contributed by atoms with Crippen molar-refractivity contribution < 1.29 is 9.90 Å². The molecule has 1 aliphatic carbocycles. The van der Waals surface area contributed by atoms with Crippen molar-refractivity contribution in [1.82, 2.24) is 10.6 Å². The Morgan fingerprint density at radius 3 is 2.90 bits per heavy atom. The van der Waals surface area contributed by atoms with Gasteiger partial charge in [0, 0.05) is 16.2 Å². The van der Waals surface area contributed by atoms with Crippen molar-refractivity contribution in [3.8, 4) is 0 Å². The van der Waals surface area contributed by atoms with Crippen LogP contribution in [0.3, 0.4) is 0 Å². The lowest BCUT2D eigenvalue weighted by Gasteiger charge is -2.18. The molecule has 0 spiro atoms. The molecule has 2 atom stereocenters. The molecule has 0 saturated carbocycles. The summed E-state index contributed by atoms with van der Waals surface area (Å²) in [5.74, 6) is 0. The van der Waals surface area contributed by atoms with Crippen molar-refractivity contribution in [2.75, 3.05) is 0 Å². The molecule has 1 aliphatic rings. The average Bonchev–Trinajstić information content (AvgIpc) is 3.01. The highest BCUT2D eigenvalue weighted by Crippen LogP contribution is 2.31. The summed E-state index contributed by atoms with van der Waals surface area (Å²) in [6.45, 7) is 2.55. The van der Waals surface area contributed by atoms with E-state index in [-0.39, 0.29) is 12.1 Å². The van der Waals surface area contributed by atoms with Gasteiger partial charge in [0.25, 0.3) is 0 Å². The predicted octanol–water partition coefficient (Wildman–Crippen LogP) is 2.51. The van der Waals surface area contributed by atoms with E-state index in [0.29, 0.717) is 13.0 Å². The van der Waals surface area contributed by atoms with Crippen LogP contribution in [0.2, 0.25) is 0 Å². The first-order valence-electron chi connectivity index (χ1n) is 6.99. The second-order valence-corrected chi connectivity index (χ2v) is 6.66. The van der Waals surface area contributed by atoms with Crippen molar-refractivity contribution in [2.45, 2.75) is 32.0 Å². The van der Waals surface area contributed by atoms with E-state index in [1.807, 2.05) is 43.3 Å². The number of fused-ring (bicyclic) bond motifs is 1. The molecule has 0 fully saturated rings. The van der Waals surface area contributed by atoms with Crippen molar-refractivity contribution in [3.05, 3.63) is 57.3 Å². The van der Waals surface area contributed by atoms with Gasteiger partial charge in [-0.15, -0.1) is 11.3 Å². The number of aliphatic hydroxyl groups excluding tert-OH is 1. The lowest BCUT2D eigenvalue weighted by molar-refractivity contribution is 0.142. The number of benzene rings is 1. The predicted molar refractivity (Wildman–Crippen MR) is 83.3 cm³/mol. The second kappa shape index (κ2) is 5.87. The smallest absolute Gasteiger partial charge is 0.315 e. The Hall–Kier alpha value is -1.85. The second-order valence-electron chi connectivity index (χ2n) is 5.29. The fourth-order valence-corrected chi connectivity index (χ4v) is 3.52. The molecule has 0 radical (unpaired) electrons. The summed E-state index contributed by atoms with van der Waals surface area (Å²) >= 11 is 1.67. The monoisotopic (exact) mass is 302 g/mol. The van der Waals surface area contributed by atoms with Crippen LogP contribution in [0.1, 0.15) is 26.9 Å². The summed E-state index contributed by atoms with van der Waals surface area (Å²) in [6, 6.07) is 11.3. The zero-order valence-corrected chi connectivity index (χ0v) is 12.6. The Kier molecular flexibility index (Phi) is 3.94. The van der Waals surface area contributed by atoms with Gasteiger partial charge in [0.05, 0.1) is 18.7 Å². The normalized spacial score (nSPS) is 20.1. The van der Waals surface area contributed by atoms with Gasteiger partial charge in [-0.3, -0.25) is 0 Å². The fraction of sp³-hybridized carbons (Fsp3) is 0.312. The Morgan fingerprint density at radius 2 is 2.14 bits per heavy atom. The van der Waals surface area contributed by atoms with Gasteiger partial charge in [-0.2, -0.15) is 0 Å². The SMILES string of the molecule is Cc1ccc(CNC(=O)N[C@@H]2c3ccccc3C[C@@H]2O)s1. The largest absolute Gasteiger partial charge is 0.390 e. The molecule has 0 unspecified atom stereocenters. The summed E-state index contributed by atoms with van der Waals surface area (Å²) in [7, 11) is 0. The first kappa shape index (κ1) is 14.1. The number of aryl methyl sites for hydroxylation is 1. The molecule has 0 saturated heterocycles. The lowest BCUT2D eigenvalue weighted by Crippen LogP contribution is -2.40. The van der Waals surface area contributed by atoms with Crippen LogP contribution >= 0.6 is 11.3 Å². The van der Waals surface area contributed by atoms with Crippen LogP contribution in [0.4, 0.5) is 4.79 Å². The van der Waals surface area contributed by atoms with E-state index in [2.05, 4.69) is 10.6 Å². The van der Waals surface area contributed by atoms with Crippen LogP contribution in [0, 0.1) is 6.92 Å². The van der Waals surface area contributed by atoms with Crippen LogP contribution in [0.5, 0.6) is 0 Å². The Morgan fingerprint density at radius 1 is 1.33 bits per heavy atom. The maximum Gasteiger partial charge on any atom is 0.315 e. The molecule has 3 N–H and O–H groups in total. The Labute approximate surface area is 127 Å². The third-order valence-corrected chi connectivity index (χ3v) is 4.71. The number of carbonyl (C=O) groups excluding carboxylic acids is 1. The number of thiophene rings is 1. The molecular formula is C16H18N2O2S. The third kappa shape index (κ3) is 3.09. The van der Waals surface area contributed by atoms with Crippen molar-refractivity contribution in [2.24, 2.45) is 0 Å². The number of hydrogen-bond acceptors (Lipinski definition) is 3. The number of urea groups is 1. The van der Waals surface area contributed by atoms with Crippen molar-refractivity contribution >= 4 is 17.4 Å². The van der Waals surface area contributed by atoms with Gasteiger partial charge in [0.2, 0.25) is 0 Å². The number of nitrogens with one attached hydrogen (secondary N) is 2. The first-order chi connectivity index (χ1) is 10.1. The molecule has 1 heterocycles. The Bertz CT molecular complexity index is 653. The molecule has 1 aromatic carbocycles. The number of aliphatic hydroxyl groups is 1. The maximum absolute atomic E-state index is 12.0. The molecule has 4 nitrogen and oxygen atoms in total. The molecule has 0 aliphatic heterocycles. The summed E-state index contributed by atoms with van der Waals surface area (Å²) in [5.41, 5.74) is 2.11. The zero-order chi connectivity index (χ0) is 14.8. The highest BCUT2D eigenvalue weighted by molar-refractivity contribution is 7.11. The van der Waals surface area contributed by atoms with Gasteiger partial charge in [0.15, 0.2) is 0 Å². The fourth-order valence-electron chi connectivity index (χ4n) is 2.69. The van der Waals surface area contributed by atoms with Crippen molar-refractivity contribution in [1.29, 1.82) is 0 Å². The summed E-state index contributed by atoms with van der Waals surface area (Å²) < 4.78 is 0. The number of rotatable bonds is 3. The highest BCUT2D eigenvalue weighted by Gasteiger charge is 2.31. The zero-order valence-electron chi connectivity index (χ0n) is 11.8. The third-order valence-electron chi connectivity index (χ3n) is 3.71. The van der Waals surface area contributed by atoms with Gasteiger partial charge < -0.3 is 15.7 Å². The topological polar surface area (TPSA) is 61.4 Å². The molecule has 110 valence electrons. The van der Waals surface area contributed by atoms with Gasteiger partial charge in [0.1, 0.15) is 0 Å². The average molecular weight is 302 g/mol. The molecule has 2 amide bonds. The Balaban J connectivity index is 1.60. The van der Waals surface area contributed by atoms with E-state index in [9.17, 15) is 9.90 Å².